The molecule has 0 amide bonds. The highest BCUT2D eigenvalue weighted by Crippen LogP contribution is 2.28. The Morgan fingerprint density at radius 2 is 1.77 bits per heavy atom. The summed E-state index contributed by atoms with van der Waals surface area (Å²) >= 11 is 0. The molecule has 1 saturated carbocycles. The first-order valence-corrected chi connectivity index (χ1v) is 11.5. The van der Waals surface area contributed by atoms with Crippen LogP contribution in [0.1, 0.15) is 67.9 Å². The van der Waals surface area contributed by atoms with Gasteiger partial charge in [0.05, 0.1) is 6.20 Å². The van der Waals surface area contributed by atoms with Crippen LogP contribution in [0.25, 0.3) is 5.52 Å². The van der Waals surface area contributed by atoms with Crippen LogP contribution < -0.4 is 5.56 Å². The first kappa shape index (κ1) is 19.6. The van der Waals surface area contributed by atoms with Crippen molar-refractivity contribution in [2.75, 3.05) is 13.2 Å². The number of aromatic nitrogens is 3. The fourth-order valence-corrected chi connectivity index (χ4v) is 5.19. The Hall–Kier alpha value is -2.40. The van der Waals surface area contributed by atoms with Gasteiger partial charge >= 0.3 is 0 Å². The number of hydrogen-bond acceptors (Lipinski definition) is 3. The summed E-state index contributed by atoms with van der Waals surface area (Å²) in [6.07, 6.45) is 13.1. The first-order chi connectivity index (χ1) is 14.8. The molecular weight excluding hydrogens is 374 g/mol. The summed E-state index contributed by atoms with van der Waals surface area (Å²) in [6.45, 7) is 2.37. The van der Waals surface area contributed by atoms with Gasteiger partial charge < -0.3 is 9.30 Å². The highest BCUT2D eigenvalue weighted by Gasteiger charge is 2.23. The third-order valence-corrected chi connectivity index (χ3v) is 6.89. The standard InChI is InChI=1S/C25H31N3O2/c29-25-23-16-26-24(21-11-13-30-14-12-21)28(23)18-22(15-19-7-3-1-4-8-19)27(25)17-20-9-5-2-6-10-20/h1,3-4,7-8,16,18,20-21H,2,5-6,9-15,17H2. The number of benzene rings is 1. The Bertz CT molecular complexity index is 1040. The molecule has 0 N–H and O–H groups in total. The van der Waals surface area contributed by atoms with Crippen molar-refractivity contribution < 1.29 is 4.74 Å². The van der Waals surface area contributed by atoms with Crippen LogP contribution in [0.15, 0.2) is 47.5 Å². The number of rotatable bonds is 5. The molecule has 5 heteroatoms. The van der Waals surface area contributed by atoms with E-state index in [0.29, 0.717) is 17.4 Å². The molecule has 1 aromatic carbocycles. The molecule has 0 radical (unpaired) electrons. The van der Waals surface area contributed by atoms with Gasteiger partial charge in [0.25, 0.3) is 5.56 Å². The summed E-state index contributed by atoms with van der Waals surface area (Å²) in [5.41, 5.74) is 3.15. The molecule has 0 bridgehead atoms. The molecule has 2 aromatic heterocycles. The van der Waals surface area contributed by atoms with Crippen LogP contribution in [0.4, 0.5) is 0 Å². The lowest BCUT2D eigenvalue weighted by molar-refractivity contribution is 0.0835. The lowest BCUT2D eigenvalue weighted by atomic mass is 9.89. The van der Waals surface area contributed by atoms with Crippen LogP contribution in [-0.4, -0.2) is 27.2 Å². The molecule has 0 unspecified atom stereocenters. The topological polar surface area (TPSA) is 48.5 Å². The monoisotopic (exact) mass is 405 g/mol. The van der Waals surface area contributed by atoms with Crippen molar-refractivity contribution in [2.45, 2.75) is 63.8 Å². The van der Waals surface area contributed by atoms with Crippen molar-refractivity contribution in [3.8, 4) is 0 Å². The Labute approximate surface area is 177 Å². The molecule has 0 spiro atoms. The quantitative estimate of drug-likeness (QED) is 0.625. The second-order valence-corrected chi connectivity index (χ2v) is 8.96. The molecule has 5 nitrogen and oxygen atoms in total. The van der Waals surface area contributed by atoms with Crippen LogP contribution >= 0.6 is 0 Å². The Morgan fingerprint density at radius 1 is 1.00 bits per heavy atom. The van der Waals surface area contributed by atoms with Crippen LogP contribution in [0, 0.1) is 5.92 Å². The molecular formula is C25H31N3O2. The van der Waals surface area contributed by atoms with Crippen molar-refractivity contribution >= 4 is 5.52 Å². The normalized spacial score (nSPS) is 18.8. The van der Waals surface area contributed by atoms with Gasteiger partial charge in [-0.25, -0.2) is 4.98 Å². The number of nitrogens with zero attached hydrogens (tertiary/aromatic N) is 3. The molecule has 3 heterocycles. The van der Waals surface area contributed by atoms with Gasteiger partial charge in [0.2, 0.25) is 0 Å². The maximum atomic E-state index is 13.6. The lowest BCUT2D eigenvalue weighted by Gasteiger charge is -2.25. The molecule has 1 aliphatic heterocycles. The van der Waals surface area contributed by atoms with E-state index in [1.54, 1.807) is 6.20 Å². The van der Waals surface area contributed by atoms with Gasteiger partial charge in [-0.05, 0) is 37.2 Å². The van der Waals surface area contributed by atoms with E-state index >= 15 is 0 Å². The fourth-order valence-electron chi connectivity index (χ4n) is 5.19. The lowest BCUT2D eigenvalue weighted by Crippen LogP contribution is -2.30. The van der Waals surface area contributed by atoms with E-state index in [4.69, 9.17) is 9.72 Å². The van der Waals surface area contributed by atoms with Crippen molar-refractivity contribution in [2.24, 2.45) is 5.92 Å². The van der Waals surface area contributed by atoms with Gasteiger partial charge in [-0.3, -0.25) is 9.20 Å². The predicted molar refractivity (Wildman–Crippen MR) is 118 cm³/mol. The SMILES string of the molecule is O=c1c2cnc(C3CCOCC3)n2cc(Cc2ccccc2)n1CC1CCCCC1. The van der Waals surface area contributed by atoms with Crippen LogP contribution in [0.2, 0.25) is 0 Å². The zero-order chi connectivity index (χ0) is 20.3. The van der Waals surface area contributed by atoms with E-state index in [1.165, 1.54) is 37.7 Å². The summed E-state index contributed by atoms with van der Waals surface area (Å²) in [5, 5.41) is 0. The average molecular weight is 406 g/mol. The highest BCUT2D eigenvalue weighted by molar-refractivity contribution is 5.45. The predicted octanol–water partition coefficient (Wildman–Crippen LogP) is 4.56. The van der Waals surface area contributed by atoms with E-state index in [9.17, 15) is 4.79 Å². The molecule has 1 aliphatic carbocycles. The minimum atomic E-state index is 0.111. The summed E-state index contributed by atoms with van der Waals surface area (Å²) in [5.74, 6) is 1.98. The molecule has 30 heavy (non-hydrogen) atoms. The molecule has 1 saturated heterocycles. The highest BCUT2D eigenvalue weighted by atomic mass is 16.5. The smallest absolute Gasteiger partial charge is 0.276 e. The molecule has 158 valence electrons. The van der Waals surface area contributed by atoms with Crippen molar-refractivity contribution in [3.05, 3.63) is 70.2 Å². The van der Waals surface area contributed by atoms with E-state index in [0.717, 1.165) is 50.5 Å². The average Bonchev–Trinajstić information content (AvgIpc) is 3.22. The number of imidazole rings is 1. The van der Waals surface area contributed by atoms with Gasteiger partial charge in [0.1, 0.15) is 11.3 Å². The summed E-state index contributed by atoms with van der Waals surface area (Å²) in [7, 11) is 0. The molecule has 0 atom stereocenters. The van der Waals surface area contributed by atoms with Crippen molar-refractivity contribution in [3.63, 3.8) is 0 Å². The largest absolute Gasteiger partial charge is 0.381 e. The van der Waals surface area contributed by atoms with Gasteiger partial charge in [0, 0.05) is 44.0 Å². The molecule has 3 aromatic rings. The summed E-state index contributed by atoms with van der Waals surface area (Å²) < 4.78 is 9.66. The summed E-state index contributed by atoms with van der Waals surface area (Å²) in [6, 6.07) is 10.5. The third-order valence-electron chi connectivity index (χ3n) is 6.89. The minimum absolute atomic E-state index is 0.111. The minimum Gasteiger partial charge on any atom is -0.381 e. The van der Waals surface area contributed by atoms with Gasteiger partial charge in [-0.1, -0.05) is 49.6 Å². The van der Waals surface area contributed by atoms with E-state index in [2.05, 4.69) is 34.9 Å². The zero-order valence-corrected chi connectivity index (χ0v) is 17.6. The van der Waals surface area contributed by atoms with Crippen LogP contribution in [0.3, 0.4) is 0 Å². The van der Waals surface area contributed by atoms with E-state index in [-0.39, 0.29) is 5.56 Å². The van der Waals surface area contributed by atoms with Crippen LogP contribution in [-0.2, 0) is 17.7 Å². The Morgan fingerprint density at radius 3 is 2.53 bits per heavy atom. The molecule has 2 aliphatic rings. The van der Waals surface area contributed by atoms with Crippen molar-refractivity contribution in [1.29, 1.82) is 0 Å². The van der Waals surface area contributed by atoms with E-state index in [1.807, 2.05) is 10.6 Å². The maximum Gasteiger partial charge on any atom is 0.276 e. The van der Waals surface area contributed by atoms with Gasteiger partial charge in [-0.2, -0.15) is 0 Å². The van der Waals surface area contributed by atoms with E-state index < -0.39 is 0 Å². The zero-order valence-electron chi connectivity index (χ0n) is 17.6. The second kappa shape index (κ2) is 8.76. The second-order valence-electron chi connectivity index (χ2n) is 8.96. The summed E-state index contributed by atoms with van der Waals surface area (Å²) in [4.78, 5) is 18.3. The maximum absolute atomic E-state index is 13.6. The van der Waals surface area contributed by atoms with Gasteiger partial charge in [-0.15, -0.1) is 0 Å². The number of hydrogen-bond donors (Lipinski definition) is 0. The molecule has 5 rings (SSSR count). The van der Waals surface area contributed by atoms with Gasteiger partial charge in [0.15, 0.2) is 0 Å². The first-order valence-electron chi connectivity index (χ1n) is 11.5. The Kier molecular flexibility index (Phi) is 5.71. The number of ether oxygens (including phenoxy) is 1. The Balaban J connectivity index is 1.58. The molecule has 2 fully saturated rings. The third kappa shape index (κ3) is 3.95. The fraction of sp³-hybridized carbons (Fsp3) is 0.520. The van der Waals surface area contributed by atoms with Crippen LogP contribution in [0.5, 0.6) is 0 Å². The number of fused-ring (bicyclic) bond motifs is 1. The van der Waals surface area contributed by atoms with Crippen molar-refractivity contribution in [1.82, 2.24) is 14.0 Å².